The molecule has 1 heterocycles. The SMILES string of the molecule is CCNC1CCN(C2CCC(C)(C)C2)C(C)C1C. The first-order valence-electron chi connectivity index (χ1n) is 7.94. The second kappa shape index (κ2) is 5.50. The van der Waals surface area contributed by atoms with Crippen LogP contribution in [-0.2, 0) is 0 Å². The molecule has 2 heteroatoms. The number of nitrogens with one attached hydrogen (secondary N) is 1. The monoisotopic (exact) mass is 252 g/mol. The Morgan fingerprint density at radius 2 is 1.94 bits per heavy atom. The van der Waals surface area contributed by atoms with Crippen LogP contribution in [0, 0.1) is 11.3 Å². The molecule has 0 bridgehead atoms. The number of piperidine rings is 1. The highest BCUT2D eigenvalue weighted by molar-refractivity contribution is 4.95. The third-order valence-electron chi connectivity index (χ3n) is 5.49. The summed E-state index contributed by atoms with van der Waals surface area (Å²) in [6.45, 7) is 14.4. The lowest BCUT2D eigenvalue weighted by atomic mass is 9.85. The first-order chi connectivity index (χ1) is 8.44. The van der Waals surface area contributed by atoms with Gasteiger partial charge in [-0.25, -0.2) is 0 Å². The van der Waals surface area contributed by atoms with Gasteiger partial charge in [0, 0.05) is 24.7 Å². The fourth-order valence-electron chi connectivity index (χ4n) is 4.14. The van der Waals surface area contributed by atoms with Crippen molar-refractivity contribution in [3.8, 4) is 0 Å². The summed E-state index contributed by atoms with van der Waals surface area (Å²) in [6.07, 6.45) is 5.55. The minimum Gasteiger partial charge on any atom is -0.314 e. The van der Waals surface area contributed by atoms with E-state index in [0.717, 1.165) is 30.6 Å². The normalized spacial score (nSPS) is 41.2. The molecule has 18 heavy (non-hydrogen) atoms. The molecule has 0 aromatic carbocycles. The molecule has 1 N–H and O–H groups in total. The van der Waals surface area contributed by atoms with E-state index >= 15 is 0 Å². The zero-order valence-electron chi connectivity index (χ0n) is 13.0. The molecular weight excluding hydrogens is 220 g/mol. The minimum atomic E-state index is 0.576. The Hall–Kier alpha value is -0.0800. The third kappa shape index (κ3) is 2.91. The van der Waals surface area contributed by atoms with Gasteiger partial charge in [-0.1, -0.05) is 27.7 Å². The molecule has 0 radical (unpaired) electrons. The van der Waals surface area contributed by atoms with Gasteiger partial charge in [0.25, 0.3) is 0 Å². The van der Waals surface area contributed by atoms with Gasteiger partial charge >= 0.3 is 0 Å². The van der Waals surface area contributed by atoms with E-state index in [1.807, 2.05) is 0 Å². The van der Waals surface area contributed by atoms with Crippen LogP contribution in [0.15, 0.2) is 0 Å². The molecule has 2 fully saturated rings. The summed E-state index contributed by atoms with van der Waals surface area (Å²) >= 11 is 0. The van der Waals surface area contributed by atoms with Crippen LogP contribution in [0.4, 0.5) is 0 Å². The Balaban J connectivity index is 1.96. The van der Waals surface area contributed by atoms with Crippen molar-refractivity contribution in [1.29, 1.82) is 0 Å². The van der Waals surface area contributed by atoms with Crippen molar-refractivity contribution in [2.75, 3.05) is 13.1 Å². The summed E-state index contributed by atoms with van der Waals surface area (Å²) in [5.41, 5.74) is 0.576. The van der Waals surface area contributed by atoms with Gasteiger partial charge in [-0.05, 0) is 50.5 Å². The Labute approximate surface area is 114 Å². The van der Waals surface area contributed by atoms with Crippen molar-refractivity contribution < 1.29 is 0 Å². The van der Waals surface area contributed by atoms with Crippen LogP contribution in [0.5, 0.6) is 0 Å². The minimum absolute atomic E-state index is 0.576. The maximum Gasteiger partial charge on any atom is 0.0120 e. The maximum atomic E-state index is 3.67. The lowest BCUT2D eigenvalue weighted by molar-refractivity contribution is 0.0456. The predicted octanol–water partition coefficient (Wildman–Crippen LogP) is 3.27. The molecule has 1 saturated heterocycles. The molecule has 1 aliphatic carbocycles. The molecule has 2 nitrogen and oxygen atoms in total. The standard InChI is InChI=1S/C16H32N2/c1-6-17-15-8-10-18(13(3)12(15)2)14-7-9-16(4,5)11-14/h12-15,17H,6-11H2,1-5H3. The van der Waals surface area contributed by atoms with E-state index in [4.69, 9.17) is 0 Å². The van der Waals surface area contributed by atoms with E-state index in [9.17, 15) is 0 Å². The van der Waals surface area contributed by atoms with Crippen LogP contribution in [0.1, 0.15) is 60.3 Å². The summed E-state index contributed by atoms with van der Waals surface area (Å²) < 4.78 is 0. The number of rotatable bonds is 3. The highest BCUT2D eigenvalue weighted by Crippen LogP contribution is 2.41. The second-order valence-electron chi connectivity index (χ2n) is 7.35. The van der Waals surface area contributed by atoms with Crippen molar-refractivity contribution in [3.05, 3.63) is 0 Å². The largest absolute Gasteiger partial charge is 0.314 e. The molecule has 4 atom stereocenters. The quantitative estimate of drug-likeness (QED) is 0.829. The van der Waals surface area contributed by atoms with Crippen LogP contribution in [-0.4, -0.2) is 36.1 Å². The third-order valence-corrected chi connectivity index (χ3v) is 5.49. The number of hydrogen-bond donors (Lipinski definition) is 1. The topological polar surface area (TPSA) is 15.3 Å². The van der Waals surface area contributed by atoms with Crippen molar-refractivity contribution in [2.45, 2.75) is 78.4 Å². The Morgan fingerprint density at radius 3 is 2.50 bits per heavy atom. The zero-order chi connectivity index (χ0) is 13.3. The summed E-state index contributed by atoms with van der Waals surface area (Å²) in [4.78, 5) is 2.81. The summed E-state index contributed by atoms with van der Waals surface area (Å²) in [5.74, 6) is 0.780. The van der Waals surface area contributed by atoms with Crippen molar-refractivity contribution >= 4 is 0 Å². The first kappa shape index (κ1) is 14.3. The van der Waals surface area contributed by atoms with Gasteiger partial charge in [0.2, 0.25) is 0 Å². The molecule has 106 valence electrons. The molecular formula is C16H32N2. The van der Waals surface area contributed by atoms with Crippen molar-refractivity contribution in [1.82, 2.24) is 10.2 Å². The average molecular weight is 252 g/mol. The molecule has 0 aromatic heterocycles. The second-order valence-corrected chi connectivity index (χ2v) is 7.35. The molecule has 1 saturated carbocycles. The van der Waals surface area contributed by atoms with Crippen molar-refractivity contribution in [2.24, 2.45) is 11.3 Å². The van der Waals surface area contributed by atoms with E-state index < -0.39 is 0 Å². The molecule has 2 aliphatic rings. The van der Waals surface area contributed by atoms with Gasteiger partial charge in [-0.15, -0.1) is 0 Å². The fraction of sp³-hybridized carbons (Fsp3) is 1.00. The highest BCUT2D eigenvalue weighted by Gasteiger charge is 2.40. The summed E-state index contributed by atoms with van der Waals surface area (Å²) in [6, 6.07) is 2.32. The fourth-order valence-corrected chi connectivity index (χ4v) is 4.14. The molecule has 0 spiro atoms. The molecule has 0 amide bonds. The van der Waals surface area contributed by atoms with Gasteiger partial charge in [-0.3, -0.25) is 4.90 Å². The van der Waals surface area contributed by atoms with E-state index in [0.29, 0.717) is 5.41 Å². The highest BCUT2D eigenvalue weighted by atomic mass is 15.2. The number of likely N-dealkylation sites (tertiary alicyclic amines) is 1. The lowest BCUT2D eigenvalue weighted by Crippen LogP contribution is -2.56. The Morgan fingerprint density at radius 1 is 1.22 bits per heavy atom. The molecule has 4 unspecified atom stereocenters. The van der Waals surface area contributed by atoms with Gasteiger partial charge in [0.15, 0.2) is 0 Å². The Bertz CT molecular complexity index is 274. The Kier molecular flexibility index (Phi) is 4.38. The van der Waals surface area contributed by atoms with Gasteiger partial charge < -0.3 is 5.32 Å². The summed E-state index contributed by atoms with van der Waals surface area (Å²) in [5, 5.41) is 3.67. The van der Waals surface area contributed by atoms with E-state index in [2.05, 4.69) is 44.8 Å². The van der Waals surface area contributed by atoms with Gasteiger partial charge in [-0.2, -0.15) is 0 Å². The van der Waals surface area contributed by atoms with Crippen LogP contribution in [0.25, 0.3) is 0 Å². The average Bonchev–Trinajstić information content (AvgIpc) is 2.66. The van der Waals surface area contributed by atoms with E-state index in [1.165, 1.54) is 32.2 Å². The zero-order valence-corrected chi connectivity index (χ0v) is 13.0. The van der Waals surface area contributed by atoms with Crippen LogP contribution >= 0.6 is 0 Å². The van der Waals surface area contributed by atoms with Crippen LogP contribution in [0.3, 0.4) is 0 Å². The first-order valence-corrected chi connectivity index (χ1v) is 7.94. The molecule has 1 aliphatic heterocycles. The van der Waals surface area contributed by atoms with E-state index in [1.54, 1.807) is 0 Å². The summed E-state index contributed by atoms with van der Waals surface area (Å²) in [7, 11) is 0. The number of nitrogens with zero attached hydrogens (tertiary/aromatic N) is 1. The maximum absolute atomic E-state index is 3.67. The van der Waals surface area contributed by atoms with Gasteiger partial charge in [0.1, 0.15) is 0 Å². The van der Waals surface area contributed by atoms with E-state index in [-0.39, 0.29) is 0 Å². The smallest absolute Gasteiger partial charge is 0.0120 e. The van der Waals surface area contributed by atoms with Gasteiger partial charge in [0.05, 0.1) is 0 Å². The number of hydrogen-bond acceptors (Lipinski definition) is 2. The molecule has 0 aromatic rings. The van der Waals surface area contributed by atoms with Crippen LogP contribution < -0.4 is 5.32 Å². The van der Waals surface area contributed by atoms with Crippen LogP contribution in [0.2, 0.25) is 0 Å². The van der Waals surface area contributed by atoms with Crippen molar-refractivity contribution in [3.63, 3.8) is 0 Å². The predicted molar refractivity (Wildman–Crippen MR) is 78.8 cm³/mol. The lowest BCUT2D eigenvalue weighted by Gasteiger charge is -2.46. The molecule has 2 rings (SSSR count).